The van der Waals surface area contributed by atoms with Crippen LogP contribution in [0, 0.1) is 27.9 Å². The quantitative estimate of drug-likeness (QED) is 0.0597. The summed E-state index contributed by atoms with van der Waals surface area (Å²) in [5.41, 5.74) is 2.43. The third-order valence-electron chi connectivity index (χ3n) is 11.1. The molecule has 292 valence electrons. The number of aliphatic hydroxyl groups excluding tert-OH is 2. The number of rotatable bonds is 19. The standard InChI is InChI=1S/C40H52N4O10/c1-4-22-52-40-36(42(2)39(47)53-29-13-11-28(12-14-29)44(48)49)26-34(41-50-3)32-24-27(9-5-7-20-45)31(10-6-8-21-46)37(38(32)40)33-25-30(15-16-35(33)54-40)51-23-19-43-17-18-43/h4,11-16,24-25,27,31,36-38,45-46H,1,5-10,17-23,26H2,2-3H3. The number of non-ortho nitro benzene ring substituents is 1. The van der Waals surface area contributed by atoms with Gasteiger partial charge in [-0.3, -0.25) is 15.0 Å². The second-order valence-electron chi connectivity index (χ2n) is 14.4. The van der Waals surface area contributed by atoms with Gasteiger partial charge in [0.25, 0.3) is 5.69 Å². The molecule has 2 heterocycles. The van der Waals surface area contributed by atoms with Crippen molar-refractivity contribution < 1.29 is 43.7 Å². The minimum atomic E-state index is -1.43. The van der Waals surface area contributed by atoms with Crippen LogP contribution in [-0.2, 0) is 9.57 Å². The first-order valence-corrected chi connectivity index (χ1v) is 18.9. The van der Waals surface area contributed by atoms with E-state index in [0.717, 1.165) is 62.2 Å². The molecule has 2 aromatic carbocycles. The molecule has 0 spiro atoms. The van der Waals surface area contributed by atoms with E-state index in [-0.39, 0.29) is 55.4 Å². The van der Waals surface area contributed by atoms with Crippen LogP contribution in [0.1, 0.15) is 56.4 Å². The van der Waals surface area contributed by atoms with Crippen molar-refractivity contribution in [3.8, 4) is 17.2 Å². The average Bonchev–Trinajstić information content (AvgIpc) is 4.00. The lowest BCUT2D eigenvalue weighted by atomic mass is 9.55. The zero-order valence-electron chi connectivity index (χ0n) is 31.1. The molecule has 4 aliphatic rings. The van der Waals surface area contributed by atoms with E-state index in [1.807, 2.05) is 12.1 Å². The topological polar surface area (TPSA) is 165 Å². The summed E-state index contributed by atoms with van der Waals surface area (Å²) < 4.78 is 26.0. The Kier molecular flexibility index (Phi) is 12.9. The Hall–Kier alpha value is -4.50. The Labute approximate surface area is 316 Å². The van der Waals surface area contributed by atoms with Crippen LogP contribution in [0.15, 0.2) is 71.9 Å². The van der Waals surface area contributed by atoms with Gasteiger partial charge < -0.3 is 38.9 Å². The summed E-state index contributed by atoms with van der Waals surface area (Å²) in [5.74, 6) is -0.397. The molecule has 14 nitrogen and oxygen atoms in total. The number of carbonyl (C=O) groups is 1. The van der Waals surface area contributed by atoms with Crippen LogP contribution in [0.5, 0.6) is 17.2 Å². The summed E-state index contributed by atoms with van der Waals surface area (Å²) in [6.45, 7) is 7.84. The van der Waals surface area contributed by atoms with Gasteiger partial charge in [-0.15, -0.1) is 6.58 Å². The number of oxime groups is 1. The molecule has 1 saturated heterocycles. The number of allylic oxidation sites excluding steroid dienone is 1. The molecule has 2 aromatic rings. The highest BCUT2D eigenvalue weighted by Crippen LogP contribution is 2.61. The SMILES string of the molecule is C=CCOC12Oc3ccc(OCCN4CC4)cc3C3C(CCCCO)C(CCCCO)C=C(C(=NOC)CC1N(C)C(=O)Oc1ccc([N+](=O)[O-])cc1)C32. The minimum Gasteiger partial charge on any atom is -0.492 e. The van der Waals surface area contributed by atoms with Gasteiger partial charge in [0.15, 0.2) is 0 Å². The van der Waals surface area contributed by atoms with E-state index >= 15 is 0 Å². The number of aliphatic hydroxyl groups is 2. The first-order chi connectivity index (χ1) is 26.2. The Bertz CT molecular complexity index is 1700. The second-order valence-corrected chi connectivity index (χ2v) is 14.4. The average molecular weight is 749 g/mol. The molecule has 1 amide bonds. The van der Waals surface area contributed by atoms with Crippen LogP contribution < -0.4 is 14.2 Å². The number of nitro groups is 1. The van der Waals surface area contributed by atoms with Crippen molar-refractivity contribution in [1.82, 2.24) is 9.80 Å². The van der Waals surface area contributed by atoms with Crippen LogP contribution in [-0.4, -0.2) is 109 Å². The summed E-state index contributed by atoms with van der Waals surface area (Å²) in [7, 11) is 3.12. The molecular weight excluding hydrogens is 696 g/mol. The first-order valence-electron chi connectivity index (χ1n) is 18.9. The summed E-state index contributed by atoms with van der Waals surface area (Å²) >= 11 is 0. The van der Waals surface area contributed by atoms with Gasteiger partial charge in [0, 0.05) is 69.9 Å². The van der Waals surface area contributed by atoms with E-state index in [4.69, 9.17) is 23.8 Å². The number of carbonyl (C=O) groups excluding carboxylic acids is 1. The third-order valence-corrected chi connectivity index (χ3v) is 11.1. The van der Waals surface area contributed by atoms with Crippen molar-refractivity contribution in [3.05, 3.63) is 82.4 Å². The molecule has 14 heteroatoms. The summed E-state index contributed by atoms with van der Waals surface area (Å²) in [5, 5.41) is 35.3. The van der Waals surface area contributed by atoms with Gasteiger partial charge in [-0.2, -0.15) is 0 Å². The minimum absolute atomic E-state index is 0.0751. The maximum atomic E-state index is 14.0. The number of ether oxygens (including phenoxy) is 4. The molecule has 2 fully saturated rings. The normalized spacial score (nSPS) is 26.1. The Balaban J connectivity index is 1.47. The molecule has 2 N–H and O–H groups in total. The van der Waals surface area contributed by atoms with Gasteiger partial charge in [0.2, 0.25) is 5.79 Å². The van der Waals surface area contributed by atoms with Crippen molar-refractivity contribution in [2.45, 2.75) is 62.7 Å². The Morgan fingerprint density at radius 2 is 1.83 bits per heavy atom. The monoisotopic (exact) mass is 748 g/mol. The van der Waals surface area contributed by atoms with E-state index in [0.29, 0.717) is 30.9 Å². The maximum Gasteiger partial charge on any atom is 0.415 e. The highest BCUT2D eigenvalue weighted by molar-refractivity contribution is 6.03. The predicted octanol–water partition coefficient (Wildman–Crippen LogP) is 5.68. The molecule has 2 aliphatic carbocycles. The lowest BCUT2D eigenvalue weighted by molar-refractivity contribution is -0.384. The maximum absolute atomic E-state index is 14.0. The second kappa shape index (κ2) is 17.8. The van der Waals surface area contributed by atoms with Gasteiger partial charge in [-0.25, -0.2) is 4.79 Å². The third kappa shape index (κ3) is 8.41. The van der Waals surface area contributed by atoms with Crippen LogP contribution >= 0.6 is 0 Å². The number of nitrogens with zero attached hydrogens (tertiary/aromatic N) is 4. The number of nitro benzene ring substituents is 1. The van der Waals surface area contributed by atoms with E-state index in [1.165, 1.54) is 36.3 Å². The van der Waals surface area contributed by atoms with Gasteiger partial charge in [0.1, 0.15) is 37.0 Å². The van der Waals surface area contributed by atoms with Crippen molar-refractivity contribution in [2.75, 3.05) is 60.2 Å². The fourth-order valence-corrected chi connectivity index (χ4v) is 8.45. The van der Waals surface area contributed by atoms with Gasteiger partial charge >= 0.3 is 6.09 Å². The van der Waals surface area contributed by atoms with Crippen molar-refractivity contribution in [3.63, 3.8) is 0 Å². The molecule has 0 radical (unpaired) electrons. The fraction of sp³-hybridized carbons (Fsp3) is 0.550. The molecule has 6 atom stereocenters. The number of hydrogen-bond donors (Lipinski definition) is 2. The lowest BCUT2D eigenvalue weighted by Crippen LogP contribution is -2.69. The van der Waals surface area contributed by atoms with Crippen LogP contribution in [0.4, 0.5) is 10.5 Å². The highest BCUT2D eigenvalue weighted by atomic mass is 16.7. The Morgan fingerprint density at radius 3 is 2.50 bits per heavy atom. The smallest absolute Gasteiger partial charge is 0.415 e. The van der Waals surface area contributed by atoms with Crippen molar-refractivity contribution >= 4 is 17.5 Å². The molecule has 6 rings (SSSR count). The largest absolute Gasteiger partial charge is 0.492 e. The summed E-state index contributed by atoms with van der Waals surface area (Å²) in [6.07, 6.45) is 8.05. The highest BCUT2D eigenvalue weighted by Gasteiger charge is 2.65. The molecule has 0 aromatic heterocycles. The van der Waals surface area contributed by atoms with E-state index in [9.17, 15) is 25.1 Å². The number of fused-ring (bicyclic) bond motifs is 2. The molecule has 2 aliphatic heterocycles. The number of benzene rings is 2. The van der Waals surface area contributed by atoms with E-state index in [1.54, 1.807) is 13.1 Å². The molecule has 54 heavy (non-hydrogen) atoms. The van der Waals surface area contributed by atoms with E-state index < -0.39 is 28.8 Å². The zero-order valence-corrected chi connectivity index (χ0v) is 31.1. The zero-order chi connectivity index (χ0) is 38.2. The molecule has 0 bridgehead atoms. The van der Waals surface area contributed by atoms with Crippen molar-refractivity contribution in [1.29, 1.82) is 0 Å². The van der Waals surface area contributed by atoms with E-state index in [2.05, 4.69) is 28.8 Å². The summed E-state index contributed by atoms with van der Waals surface area (Å²) in [4.78, 5) is 33.9. The van der Waals surface area contributed by atoms with Crippen LogP contribution in [0.2, 0.25) is 0 Å². The van der Waals surface area contributed by atoms with Gasteiger partial charge in [-0.1, -0.05) is 30.1 Å². The predicted molar refractivity (Wildman–Crippen MR) is 201 cm³/mol. The van der Waals surface area contributed by atoms with Gasteiger partial charge in [-0.05, 0) is 73.4 Å². The fourth-order valence-electron chi connectivity index (χ4n) is 8.45. The molecular formula is C40H52N4O10. The lowest BCUT2D eigenvalue weighted by Gasteiger charge is -2.59. The van der Waals surface area contributed by atoms with Crippen molar-refractivity contribution in [2.24, 2.45) is 22.9 Å². The Morgan fingerprint density at radius 1 is 1.11 bits per heavy atom. The number of amides is 1. The first kappa shape index (κ1) is 39.2. The number of unbranched alkanes of at least 4 members (excludes halogenated alkanes) is 2. The van der Waals surface area contributed by atoms with Crippen LogP contribution in [0.3, 0.4) is 0 Å². The number of likely N-dealkylation sites (N-methyl/N-ethyl adjacent to an activating group) is 1. The molecule has 1 saturated carbocycles. The number of hydrogen-bond acceptors (Lipinski definition) is 12. The van der Waals surface area contributed by atoms with Crippen LogP contribution in [0.25, 0.3) is 0 Å². The molecule has 6 unspecified atom stereocenters. The summed E-state index contributed by atoms with van der Waals surface area (Å²) in [6, 6.07) is 10.5. The van der Waals surface area contributed by atoms with Gasteiger partial charge in [0.05, 0.1) is 23.2 Å².